The third kappa shape index (κ3) is 3.86. The van der Waals surface area contributed by atoms with Gasteiger partial charge in [-0.2, -0.15) is 0 Å². The van der Waals surface area contributed by atoms with E-state index in [0.717, 1.165) is 35.8 Å². The normalized spacial score (nSPS) is 12.2. The van der Waals surface area contributed by atoms with E-state index in [1.54, 1.807) is 0 Å². The summed E-state index contributed by atoms with van der Waals surface area (Å²) in [7, 11) is -7.59. The highest BCUT2D eigenvalue weighted by molar-refractivity contribution is 7.93. The molecule has 0 atom stereocenters. The number of nitrogens with zero attached hydrogens (tertiary/aromatic N) is 1. The Balaban J connectivity index is 1.99. The summed E-state index contributed by atoms with van der Waals surface area (Å²) in [5, 5.41) is 18.5. The van der Waals surface area contributed by atoms with Gasteiger partial charge in [0.05, 0.1) is 20.0 Å². The number of carboxylic acid groups (broad SMARTS) is 1. The lowest BCUT2D eigenvalue weighted by Crippen LogP contribution is -2.13. The molecule has 0 fully saturated rings. The van der Waals surface area contributed by atoms with Crippen LogP contribution in [0.5, 0.6) is 5.75 Å². The molecular weight excluding hydrogens is 416 g/mol. The molecule has 3 aromatic rings. The minimum atomic E-state index is -4.17. The molecule has 0 aliphatic rings. The number of carboxylic acids is 1. The average molecular weight is 428 g/mol. The Morgan fingerprint density at radius 3 is 2.37 bits per heavy atom. The molecule has 0 aliphatic carbocycles. The highest BCUT2D eigenvalue weighted by atomic mass is 32.2. The fourth-order valence-electron chi connectivity index (χ4n) is 2.21. The molecule has 0 unspecified atom stereocenters. The van der Waals surface area contributed by atoms with Gasteiger partial charge in [0.1, 0.15) is 11.3 Å². The van der Waals surface area contributed by atoms with Crippen molar-refractivity contribution >= 4 is 52.5 Å². The van der Waals surface area contributed by atoms with Gasteiger partial charge in [0, 0.05) is 6.26 Å². The summed E-state index contributed by atoms with van der Waals surface area (Å²) >= 11 is 0.931. The van der Waals surface area contributed by atoms with Crippen LogP contribution >= 0.6 is 11.3 Å². The smallest absolute Gasteiger partial charge is 0.339 e. The highest BCUT2D eigenvalue weighted by Gasteiger charge is 2.21. The third-order valence-electron chi connectivity index (χ3n) is 3.52. The molecule has 1 heterocycles. The number of sulfonamides is 1. The van der Waals surface area contributed by atoms with E-state index in [1.807, 2.05) is 0 Å². The van der Waals surface area contributed by atoms with Gasteiger partial charge >= 0.3 is 5.97 Å². The molecule has 0 saturated heterocycles. The van der Waals surface area contributed by atoms with Gasteiger partial charge in [-0.1, -0.05) is 11.3 Å². The zero-order chi connectivity index (χ0) is 20.0. The molecule has 0 bridgehead atoms. The molecule has 2 aromatic carbocycles. The van der Waals surface area contributed by atoms with Crippen molar-refractivity contribution in [3.05, 3.63) is 42.0 Å². The van der Waals surface area contributed by atoms with Crippen LogP contribution in [0, 0.1) is 0 Å². The predicted octanol–water partition coefficient (Wildman–Crippen LogP) is 1.90. The lowest BCUT2D eigenvalue weighted by Gasteiger charge is -2.07. The number of anilines is 1. The first-order chi connectivity index (χ1) is 12.5. The number of benzene rings is 2. The molecule has 1 aromatic heterocycles. The molecule has 0 radical (unpaired) electrons. The summed E-state index contributed by atoms with van der Waals surface area (Å²) in [5.41, 5.74) is -0.151. The molecule has 3 N–H and O–H groups in total. The maximum Gasteiger partial charge on any atom is 0.339 e. The van der Waals surface area contributed by atoms with E-state index in [0.29, 0.717) is 10.2 Å². The fourth-order valence-corrected chi connectivity index (χ4v) is 5.09. The first-order valence-electron chi connectivity index (χ1n) is 7.17. The summed E-state index contributed by atoms with van der Waals surface area (Å²) in [6.07, 6.45) is 1.06. The molecule has 142 valence electrons. The number of aromatic nitrogens is 1. The standard InChI is InChI=1S/C15H12N2O7S3/c1-26(21,22)8-2-4-11-13(7-8)25-15(16-11)17-27(23,24)9-3-5-12(18)10(6-9)14(19)20/h2-7,18H,1H3,(H,16,17)(H,19,20). The van der Waals surface area contributed by atoms with Crippen molar-refractivity contribution < 1.29 is 31.8 Å². The second-order valence-corrected chi connectivity index (χ2v) is 10.2. The lowest BCUT2D eigenvalue weighted by molar-refractivity contribution is 0.0693. The Morgan fingerprint density at radius 2 is 1.74 bits per heavy atom. The largest absolute Gasteiger partial charge is 0.507 e. The molecule has 0 amide bonds. The van der Waals surface area contributed by atoms with Crippen LogP contribution in [0.4, 0.5) is 5.13 Å². The van der Waals surface area contributed by atoms with E-state index in [1.165, 1.54) is 18.2 Å². The second-order valence-electron chi connectivity index (χ2n) is 5.51. The van der Waals surface area contributed by atoms with Crippen LogP contribution in [0.2, 0.25) is 0 Å². The van der Waals surface area contributed by atoms with Gasteiger partial charge in [-0.25, -0.2) is 26.6 Å². The van der Waals surface area contributed by atoms with Gasteiger partial charge in [-0.05, 0) is 36.4 Å². The van der Waals surface area contributed by atoms with Crippen molar-refractivity contribution in [1.29, 1.82) is 0 Å². The summed E-state index contributed by atoms with van der Waals surface area (Å²) in [6, 6.07) is 7.07. The van der Waals surface area contributed by atoms with Crippen LogP contribution in [0.25, 0.3) is 10.2 Å². The molecule has 0 saturated carbocycles. The van der Waals surface area contributed by atoms with Crippen LogP contribution in [0.1, 0.15) is 10.4 Å². The predicted molar refractivity (Wildman–Crippen MR) is 98.6 cm³/mol. The van der Waals surface area contributed by atoms with Crippen LogP contribution in [-0.4, -0.2) is 44.3 Å². The van der Waals surface area contributed by atoms with E-state index in [-0.39, 0.29) is 14.9 Å². The second kappa shape index (κ2) is 6.48. The van der Waals surface area contributed by atoms with E-state index >= 15 is 0 Å². The van der Waals surface area contributed by atoms with Gasteiger partial charge in [-0.15, -0.1) is 0 Å². The van der Waals surface area contributed by atoms with Gasteiger partial charge in [0.15, 0.2) is 15.0 Å². The number of sulfone groups is 1. The third-order valence-corrected chi connectivity index (χ3v) is 7.03. The van der Waals surface area contributed by atoms with Crippen LogP contribution in [-0.2, 0) is 19.9 Å². The number of hydrogen-bond acceptors (Lipinski definition) is 8. The quantitative estimate of drug-likeness (QED) is 0.557. The monoisotopic (exact) mass is 428 g/mol. The summed E-state index contributed by atoms with van der Waals surface area (Å²) in [4.78, 5) is 14.9. The van der Waals surface area contributed by atoms with E-state index < -0.39 is 37.1 Å². The number of hydrogen-bond donors (Lipinski definition) is 3. The Morgan fingerprint density at radius 1 is 1.07 bits per heavy atom. The van der Waals surface area contributed by atoms with Crippen molar-refractivity contribution in [1.82, 2.24) is 4.98 Å². The van der Waals surface area contributed by atoms with Gasteiger partial charge in [-0.3, -0.25) is 4.72 Å². The number of phenols is 1. The van der Waals surface area contributed by atoms with E-state index in [4.69, 9.17) is 5.11 Å². The number of rotatable bonds is 5. The SMILES string of the molecule is CS(=O)(=O)c1ccc2nc(NS(=O)(=O)c3ccc(O)c(C(=O)O)c3)sc2c1. The molecule has 12 heteroatoms. The molecule has 0 spiro atoms. The van der Waals surface area contributed by atoms with Crippen molar-refractivity contribution in [2.45, 2.75) is 9.79 Å². The Kier molecular flexibility index (Phi) is 4.57. The van der Waals surface area contributed by atoms with Crippen molar-refractivity contribution in [2.24, 2.45) is 0 Å². The maximum absolute atomic E-state index is 12.5. The van der Waals surface area contributed by atoms with Crippen molar-refractivity contribution in [3.8, 4) is 5.75 Å². The maximum atomic E-state index is 12.5. The molecule has 27 heavy (non-hydrogen) atoms. The summed E-state index contributed by atoms with van der Waals surface area (Å²) in [5.74, 6) is -2.03. The molecule has 9 nitrogen and oxygen atoms in total. The molecular formula is C15H12N2O7S3. The number of aromatic hydroxyl groups is 1. The minimum Gasteiger partial charge on any atom is -0.507 e. The average Bonchev–Trinajstić information content (AvgIpc) is 2.94. The Bertz CT molecular complexity index is 1280. The highest BCUT2D eigenvalue weighted by Crippen LogP contribution is 2.30. The number of nitrogens with one attached hydrogen (secondary N) is 1. The molecule has 3 rings (SSSR count). The van der Waals surface area contributed by atoms with Crippen molar-refractivity contribution in [3.63, 3.8) is 0 Å². The first-order valence-corrected chi connectivity index (χ1v) is 11.4. The Labute approximate surface area is 157 Å². The minimum absolute atomic E-state index is 0.0133. The zero-order valence-electron chi connectivity index (χ0n) is 13.6. The Hall–Kier alpha value is -2.70. The van der Waals surface area contributed by atoms with Gasteiger partial charge in [0.25, 0.3) is 10.0 Å². The zero-order valence-corrected chi connectivity index (χ0v) is 16.0. The fraction of sp³-hybridized carbons (Fsp3) is 0.0667. The summed E-state index contributed by atoms with van der Waals surface area (Å²) < 4.78 is 50.9. The lowest BCUT2D eigenvalue weighted by atomic mass is 10.2. The molecule has 0 aliphatic heterocycles. The number of thiazole rings is 1. The number of carbonyl (C=O) groups is 1. The number of fused-ring (bicyclic) bond motifs is 1. The topological polar surface area (TPSA) is 151 Å². The van der Waals surface area contributed by atoms with E-state index in [9.17, 15) is 26.7 Å². The summed E-state index contributed by atoms with van der Waals surface area (Å²) in [6.45, 7) is 0. The first kappa shape index (κ1) is 19.1. The van der Waals surface area contributed by atoms with Gasteiger partial charge in [0.2, 0.25) is 0 Å². The van der Waals surface area contributed by atoms with E-state index in [2.05, 4.69) is 9.71 Å². The van der Waals surface area contributed by atoms with Crippen LogP contribution in [0.3, 0.4) is 0 Å². The van der Waals surface area contributed by atoms with Crippen molar-refractivity contribution in [2.75, 3.05) is 11.0 Å². The number of aromatic carboxylic acids is 1. The van der Waals surface area contributed by atoms with Crippen LogP contribution in [0.15, 0.2) is 46.2 Å². The van der Waals surface area contributed by atoms with Gasteiger partial charge < -0.3 is 10.2 Å². The van der Waals surface area contributed by atoms with Crippen LogP contribution < -0.4 is 4.72 Å².